The maximum absolute atomic E-state index is 13.5. The maximum Gasteiger partial charge on any atom is 0.338 e. The number of piperazine rings is 1. The van der Waals surface area contributed by atoms with Crippen molar-refractivity contribution in [2.45, 2.75) is 11.8 Å². The van der Waals surface area contributed by atoms with Crippen LogP contribution in [0.2, 0.25) is 5.02 Å². The van der Waals surface area contributed by atoms with Crippen LogP contribution in [0.5, 0.6) is 0 Å². The van der Waals surface area contributed by atoms with Gasteiger partial charge < -0.3 is 9.64 Å². The topological polar surface area (TPSA) is 84.0 Å². The SMILES string of the molecule is CCOC(=O)c1ccc(S(=O)(=O)N2CCN(C(=O)c3cc(F)c(F)cc3Cl)CC2)cc1. The van der Waals surface area contributed by atoms with Crippen molar-refractivity contribution in [3.63, 3.8) is 0 Å². The number of amides is 1. The first-order valence-corrected chi connectivity index (χ1v) is 11.2. The highest BCUT2D eigenvalue weighted by molar-refractivity contribution is 7.89. The fourth-order valence-corrected chi connectivity index (χ4v) is 4.77. The number of halogens is 3. The van der Waals surface area contributed by atoms with Gasteiger partial charge in [-0.3, -0.25) is 4.79 Å². The number of sulfonamides is 1. The summed E-state index contributed by atoms with van der Waals surface area (Å²) in [6.45, 7) is 1.99. The number of carbonyl (C=O) groups excluding carboxylic acids is 2. The number of esters is 1. The van der Waals surface area contributed by atoms with E-state index in [-0.39, 0.29) is 53.8 Å². The lowest BCUT2D eigenvalue weighted by atomic mass is 10.1. The van der Waals surface area contributed by atoms with Crippen molar-refractivity contribution in [1.29, 1.82) is 0 Å². The van der Waals surface area contributed by atoms with E-state index in [9.17, 15) is 26.8 Å². The van der Waals surface area contributed by atoms with Crippen molar-refractivity contribution in [2.24, 2.45) is 0 Å². The molecule has 2 aromatic carbocycles. The Morgan fingerprint density at radius 1 is 1.03 bits per heavy atom. The zero-order chi connectivity index (χ0) is 22.8. The summed E-state index contributed by atoms with van der Waals surface area (Å²) in [5, 5.41) is -0.222. The molecule has 0 spiro atoms. The number of ether oxygens (including phenoxy) is 1. The quantitative estimate of drug-likeness (QED) is 0.493. The van der Waals surface area contributed by atoms with E-state index in [1.54, 1.807) is 6.92 Å². The minimum Gasteiger partial charge on any atom is -0.462 e. The number of benzene rings is 2. The zero-order valence-corrected chi connectivity index (χ0v) is 18.0. The maximum atomic E-state index is 13.5. The smallest absolute Gasteiger partial charge is 0.338 e. The Balaban J connectivity index is 1.69. The first kappa shape index (κ1) is 23.1. The average molecular weight is 473 g/mol. The van der Waals surface area contributed by atoms with Crippen molar-refractivity contribution in [2.75, 3.05) is 32.8 Å². The number of hydrogen-bond acceptors (Lipinski definition) is 5. The lowest BCUT2D eigenvalue weighted by molar-refractivity contribution is 0.0526. The van der Waals surface area contributed by atoms with Gasteiger partial charge in [-0.05, 0) is 43.3 Å². The minimum atomic E-state index is -3.84. The van der Waals surface area contributed by atoms with Gasteiger partial charge in [-0.2, -0.15) is 4.31 Å². The molecule has 1 aliphatic rings. The zero-order valence-electron chi connectivity index (χ0n) is 16.5. The van der Waals surface area contributed by atoms with Gasteiger partial charge in [-0.15, -0.1) is 0 Å². The first-order valence-electron chi connectivity index (χ1n) is 9.36. The number of carbonyl (C=O) groups is 2. The predicted molar refractivity (Wildman–Crippen MR) is 108 cm³/mol. The fraction of sp³-hybridized carbons (Fsp3) is 0.300. The van der Waals surface area contributed by atoms with Crippen molar-refractivity contribution in [3.05, 3.63) is 64.2 Å². The van der Waals surface area contributed by atoms with Gasteiger partial charge >= 0.3 is 5.97 Å². The molecule has 11 heteroatoms. The summed E-state index contributed by atoms with van der Waals surface area (Å²) in [4.78, 5) is 25.7. The van der Waals surface area contributed by atoms with E-state index >= 15 is 0 Å². The lowest BCUT2D eigenvalue weighted by Crippen LogP contribution is -2.50. The Labute approximate surface area is 183 Å². The summed E-state index contributed by atoms with van der Waals surface area (Å²) in [6.07, 6.45) is 0. The molecule has 0 atom stereocenters. The van der Waals surface area contributed by atoms with Crippen molar-refractivity contribution < 1.29 is 31.5 Å². The Hall–Kier alpha value is -2.56. The molecule has 2 aromatic rings. The molecule has 0 radical (unpaired) electrons. The molecule has 0 N–H and O–H groups in total. The van der Waals surface area contributed by atoms with E-state index in [4.69, 9.17) is 16.3 Å². The summed E-state index contributed by atoms with van der Waals surface area (Å²) in [5.41, 5.74) is 0.0473. The van der Waals surface area contributed by atoms with Gasteiger partial charge in [0.2, 0.25) is 10.0 Å². The van der Waals surface area contributed by atoms with E-state index < -0.39 is 33.5 Å². The molecule has 1 aliphatic heterocycles. The van der Waals surface area contributed by atoms with Crippen LogP contribution in [0.3, 0.4) is 0 Å². The third-order valence-corrected chi connectivity index (χ3v) is 7.00. The van der Waals surface area contributed by atoms with Crippen LogP contribution < -0.4 is 0 Å². The standard InChI is InChI=1S/C20H19ClF2N2O5S/c1-2-30-20(27)13-3-5-14(6-4-13)31(28,29)25-9-7-24(8-10-25)19(26)15-11-17(22)18(23)12-16(15)21/h3-6,11-12H,2,7-10H2,1H3. The molecule has 31 heavy (non-hydrogen) atoms. The second-order valence-electron chi connectivity index (χ2n) is 6.69. The van der Waals surface area contributed by atoms with Gasteiger partial charge in [-0.25, -0.2) is 22.0 Å². The van der Waals surface area contributed by atoms with Crippen LogP contribution in [0.4, 0.5) is 8.78 Å². The number of hydrogen-bond donors (Lipinski definition) is 0. The highest BCUT2D eigenvalue weighted by Crippen LogP contribution is 2.24. The molecule has 3 rings (SSSR count). The van der Waals surface area contributed by atoms with Gasteiger partial charge in [0.15, 0.2) is 11.6 Å². The van der Waals surface area contributed by atoms with Gasteiger partial charge in [0.05, 0.1) is 27.7 Å². The first-order chi connectivity index (χ1) is 14.6. The second-order valence-corrected chi connectivity index (χ2v) is 9.03. The van der Waals surface area contributed by atoms with Crippen molar-refractivity contribution >= 4 is 33.5 Å². The molecule has 0 aliphatic carbocycles. The monoisotopic (exact) mass is 472 g/mol. The summed E-state index contributed by atoms with van der Waals surface area (Å²) in [6, 6.07) is 6.84. The van der Waals surface area contributed by atoms with Crippen LogP contribution >= 0.6 is 11.6 Å². The summed E-state index contributed by atoms with van der Waals surface area (Å²) < 4.78 is 58.6. The lowest BCUT2D eigenvalue weighted by Gasteiger charge is -2.34. The Kier molecular flexibility index (Phi) is 6.93. The summed E-state index contributed by atoms with van der Waals surface area (Å²) >= 11 is 5.86. The van der Waals surface area contributed by atoms with E-state index in [0.29, 0.717) is 0 Å². The van der Waals surface area contributed by atoms with Gasteiger partial charge in [0.25, 0.3) is 5.91 Å². The minimum absolute atomic E-state index is 0.00368. The van der Waals surface area contributed by atoms with Gasteiger partial charge in [-0.1, -0.05) is 11.6 Å². The van der Waals surface area contributed by atoms with Crippen LogP contribution in [0.1, 0.15) is 27.6 Å². The third kappa shape index (κ3) is 4.86. The van der Waals surface area contributed by atoms with E-state index in [2.05, 4.69) is 0 Å². The van der Waals surface area contributed by atoms with Crippen LogP contribution in [-0.2, 0) is 14.8 Å². The molecule has 1 amide bonds. The Bertz CT molecular complexity index is 1100. The molecule has 1 heterocycles. The number of nitrogens with zero attached hydrogens (tertiary/aromatic N) is 2. The van der Waals surface area contributed by atoms with Crippen LogP contribution in [-0.4, -0.2) is 62.3 Å². The van der Waals surface area contributed by atoms with E-state index in [0.717, 1.165) is 12.1 Å². The van der Waals surface area contributed by atoms with Crippen molar-refractivity contribution in [1.82, 2.24) is 9.21 Å². The second kappa shape index (κ2) is 9.29. The van der Waals surface area contributed by atoms with Crippen molar-refractivity contribution in [3.8, 4) is 0 Å². The number of rotatable bonds is 5. The fourth-order valence-electron chi connectivity index (χ4n) is 3.11. The molecule has 166 valence electrons. The highest BCUT2D eigenvalue weighted by Gasteiger charge is 2.31. The summed E-state index contributed by atoms with van der Waals surface area (Å²) in [7, 11) is -3.84. The highest BCUT2D eigenvalue weighted by atomic mass is 35.5. The Morgan fingerprint density at radius 3 is 2.19 bits per heavy atom. The Morgan fingerprint density at radius 2 is 1.61 bits per heavy atom. The molecule has 1 saturated heterocycles. The third-order valence-electron chi connectivity index (χ3n) is 4.77. The molecule has 0 aromatic heterocycles. The van der Waals surface area contributed by atoms with E-state index in [1.807, 2.05) is 0 Å². The molecule has 0 bridgehead atoms. The molecule has 1 fully saturated rings. The molecule has 0 unspecified atom stereocenters. The van der Waals surface area contributed by atoms with Gasteiger partial charge in [0, 0.05) is 26.2 Å². The summed E-state index contributed by atoms with van der Waals surface area (Å²) in [5.74, 6) is -3.51. The van der Waals surface area contributed by atoms with Gasteiger partial charge in [0.1, 0.15) is 0 Å². The van der Waals surface area contributed by atoms with E-state index in [1.165, 1.54) is 33.5 Å². The van der Waals surface area contributed by atoms with Crippen LogP contribution in [0.15, 0.2) is 41.3 Å². The normalized spacial score (nSPS) is 15.0. The van der Waals surface area contributed by atoms with Crippen LogP contribution in [0, 0.1) is 11.6 Å². The molecular formula is C20H19ClF2N2O5S. The predicted octanol–water partition coefficient (Wildman–Crippen LogP) is 2.94. The molecular weight excluding hydrogens is 454 g/mol. The van der Waals surface area contributed by atoms with Crippen LogP contribution in [0.25, 0.3) is 0 Å². The average Bonchev–Trinajstić information content (AvgIpc) is 2.76. The molecule has 0 saturated carbocycles. The molecule has 7 nitrogen and oxygen atoms in total. The largest absolute Gasteiger partial charge is 0.462 e.